The van der Waals surface area contributed by atoms with Crippen LogP contribution in [0.1, 0.15) is 30.1 Å². The molecule has 4 nitrogen and oxygen atoms in total. The number of nitrogens with one attached hydrogen (secondary N) is 1. The van der Waals surface area contributed by atoms with Crippen molar-refractivity contribution in [2.24, 2.45) is 0 Å². The number of phenols is 1. The number of hydrogen-bond acceptors (Lipinski definition) is 3. The number of hydrogen-bond donors (Lipinski definition) is 2. The fourth-order valence-electron chi connectivity index (χ4n) is 1.30. The number of carbonyl (C=O) groups is 1. The molecule has 1 aromatic carbocycles. The standard InChI is InChI=1S/C13H19NO3/c1-2-3-9-17-10-8-14-13(16)11-4-6-12(15)7-5-11/h4-7,15H,2-3,8-10H2,1H3,(H,14,16). The molecule has 0 saturated heterocycles. The third-order valence-electron chi connectivity index (χ3n) is 2.30. The van der Waals surface area contributed by atoms with E-state index in [1.807, 2.05) is 0 Å². The van der Waals surface area contributed by atoms with E-state index in [-0.39, 0.29) is 11.7 Å². The fourth-order valence-corrected chi connectivity index (χ4v) is 1.30. The van der Waals surface area contributed by atoms with Gasteiger partial charge in [0.25, 0.3) is 5.91 Å². The molecule has 0 aliphatic rings. The molecular formula is C13H19NO3. The molecule has 0 aliphatic heterocycles. The zero-order chi connectivity index (χ0) is 12.5. The van der Waals surface area contributed by atoms with E-state index in [2.05, 4.69) is 12.2 Å². The number of rotatable bonds is 7. The molecule has 0 radical (unpaired) electrons. The van der Waals surface area contributed by atoms with E-state index < -0.39 is 0 Å². The zero-order valence-electron chi connectivity index (χ0n) is 10.1. The molecule has 0 atom stereocenters. The minimum Gasteiger partial charge on any atom is -0.508 e. The largest absolute Gasteiger partial charge is 0.508 e. The van der Waals surface area contributed by atoms with E-state index in [1.54, 1.807) is 12.1 Å². The second-order valence-electron chi connectivity index (χ2n) is 3.77. The first-order chi connectivity index (χ1) is 8.24. The quantitative estimate of drug-likeness (QED) is 0.712. The fraction of sp³-hybridized carbons (Fsp3) is 0.462. The smallest absolute Gasteiger partial charge is 0.251 e. The van der Waals surface area contributed by atoms with Crippen LogP contribution in [-0.4, -0.2) is 30.8 Å². The summed E-state index contributed by atoms with van der Waals surface area (Å²) in [6.45, 7) is 3.88. The summed E-state index contributed by atoms with van der Waals surface area (Å²) in [6.07, 6.45) is 2.16. The van der Waals surface area contributed by atoms with Gasteiger partial charge in [0.05, 0.1) is 6.61 Å². The average molecular weight is 237 g/mol. The topological polar surface area (TPSA) is 58.6 Å². The Morgan fingerprint density at radius 1 is 1.29 bits per heavy atom. The lowest BCUT2D eigenvalue weighted by molar-refractivity contribution is 0.0913. The van der Waals surface area contributed by atoms with Gasteiger partial charge in [-0.3, -0.25) is 4.79 Å². The monoisotopic (exact) mass is 237 g/mol. The average Bonchev–Trinajstić information content (AvgIpc) is 2.34. The molecule has 1 amide bonds. The molecule has 1 aromatic rings. The summed E-state index contributed by atoms with van der Waals surface area (Å²) >= 11 is 0. The van der Waals surface area contributed by atoms with Crippen molar-refractivity contribution < 1.29 is 14.6 Å². The number of ether oxygens (including phenoxy) is 1. The summed E-state index contributed by atoms with van der Waals surface area (Å²) in [7, 11) is 0. The Morgan fingerprint density at radius 3 is 2.65 bits per heavy atom. The molecule has 0 aliphatic carbocycles. The predicted octanol–water partition coefficient (Wildman–Crippen LogP) is 1.94. The molecule has 0 spiro atoms. The number of amides is 1. The van der Waals surface area contributed by atoms with Gasteiger partial charge in [-0.05, 0) is 30.7 Å². The highest BCUT2D eigenvalue weighted by atomic mass is 16.5. The van der Waals surface area contributed by atoms with Crippen molar-refractivity contribution in [2.75, 3.05) is 19.8 Å². The first kappa shape index (κ1) is 13.5. The van der Waals surface area contributed by atoms with E-state index in [1.165, 1.54) is 12.1 Å². The highest BCUT2D eigenvalue weighted by molar-refractivity contribution is 5.94. The Balaban J connectivity index is 2.19. The first-order valence-electron chi connectivity index (χ1n) is 5.89. The molecule has 94 valence electrons. The lowest BCUT2D eigenvalue weighted by Gasteiger charge is -2.06. The molecular weight excluding hydrogens is 218 g/mol. The molecule has 0 bridgehead atoms. The number of benzene rings is 1. The van der Waals surface area contributed by atoms with Gasteiger partial charge in [0.1, 0.15) is 5.75 Å². The SMILES string of the molecule is CCCCOCCNC(=O)c1ccc(O)cc1. The van der Waals surface area contributed by atoms with Crippen LogP contribution in [0.25, 0.3) is 0 Å². The predicted molar refractivity (Wildman–Crippen MR) is 66.2 cm³/mol. The minimum atomic E-state index is -0.149. The number of aromatic hydroxyl groups is 1. The number of phenolic OH excluding ortho intramolecular Hbond substituents is 1. The van der Waals surface area contributed by atoms with E-state index in [9.17, 15) is 4.79 Å². The van der Waals surface area contributed by atoms with Gasteiger partial charge in [-0.2, -0.15) is 0 Å². The van der Waals surface area contributed by atoms with Crippen LogP contribution in [-0.2, 0) is 4.74 Å². The van der Waals surface area contributed by atoms with Crippen LogP contribution in [0.5, 0.6) is 5.75 Å². The Bertz CT molecular complexity index is 335. The highest BCUT2D eigenvalue weighted by Crippen LogP contribution is 2.09. The molecule has 0 heterocycles. The van der Waals surface area contributed by atoms with Crippen molar-refractivity contribution in [3.8, 4) is 5.75 Å². The van der Waals surface area contributed by atoms with E-state index >= 15 is 0 Å². The van der Waals surface area contributed by atoms with Crippen LogP contribution >= 0.6 is 0 Å². The van der Waals surface area contributed by atoms with Crippen molar-refractivity contribution in [1.29, 1.82) is 0 Å². The van der Waals surface area contributed by atoms with E-state index in [0.717, 1.165) is 19.4 Å². The molecule has 0 unspecified atom stereocenters. The molecule has 4 heteroatoms. The van der Waals surface area contributed by atoms with Crippen molar-refractivity contribution in [3.05, 3.63) is 29.8 Å². The Hall–Kier alpha value is -1.55. The molecule has 1 rings (SSSR count). The second-order valence-corrected chi connectivity index (χ2v) is 3.77. The maximum atomic E-state index is 11.6. The summed E-state index contributed by atoms with van der Waals surface area (Å²) in [6, 6.07) is 6.16. The zero-order valence-corrected chi connectivity index (χ0v) is 10.1. The van der Waals surface area contributed by atoms with Crippen molar-refractivity contribution in [3.63, 3.8) is 0 Å². The van der Waals surface area contributed by atoms with Gasteiger partial charge < -0.3 is 15.2 Å². The van der Waals surface area contributed by atoms with Crippen LogP contribution in [0.4, 0.5) is 0 Å². The van der Waals surface area contributed by atoms with Gasteiger partial charge in [-0.25, -0.2) is 0 Å². The molecule has 0 fully saturated rings. The van der Waals surface area contributed by atoms with Gasteiger partial charge in [-0.1, -0.05) is 13.3 Å². The van der Waals surface area contributed by atoms with Crippen LogP contribution < -0.4 is 5.32 Å². The van der Waals surface area contributed by atoms with E-state index in [4.69, 9.17) is 9.84 Å². The maximum Gasteiger partial charge on any atom is 0.251 e. The summed E-state index contributed by atoms with van der Waals surface area (Å²) in [5.74, 6) is 0.00791. The maximum absolute atomic E-state index is 11.6. The Morgan fingerprint density at radius 2 is 2.00 bits per heavy atom. The van der Waals surface area contributed by atoms with Crippen LogP contribution in [0.2, 0.25) is 0 Å². The lowest BCUT2D eigenvalue weighted by Crippen LogP contribution is -2.27. The van der Waals surface area contributed by atoms with Gasteiger partial charge >= 0.3 is 0 Å². The minimum absolute atomic E-state index is 0.149. The van der Waals surface area contributed by atoms with Crippen molar-refractivity contribution >= 4 is 5.91 Å². The Kier molecular flexibility index (Phi) is 6.10. The van der Waals surface area contributed by atoms with Gasteiger partial charge in [0.2, 0.25) is 0 Å². The van der Waals surface area contributed by atoms with Crippen LogP contribution in [0.3, 0.4) is 0 Å². The van der Waals surface area contributed by atoms with Crippen molar-refractivity contribution in [2.45, 2.75) is 19.8 Å². The third kappa shape index (κ3) is 5.36. The summed E-state index contributed by atoms with van der Waals surface area (Å²) in [5, 5.41) is 11.8. The molecule has 0 aromatic heterocycles. The number of unbranched alkanes of at least 4 members (excludes halogenated alkanes) is 1. The lowest BCUT2D eigenvalue weighted by atomic mass is 10.2. The van der Waals surface area contributed by atoms with Crippen LogP contribution in [0, 0.1) is 0 Å². The van der Waals surface area contributed by atoms with Crippen LogP contribution in [0.15, 0.2) is 24.3 Å². The Labute approximate surface area is 102 Å². The molecule has 2 N–H and O–H groups in total. The summed E-state index contributed by atoms with van der Waals surface area (Å²) < 4.78 is 5.32. The number of carbonyl (C=O) groups excluding carboxylic acids is 1. The molecule has 17 heavy (non-hydrogen) atoms. The summed E-state index contributed by atoms with van der Waals surface area (Å²) in [4.78, 5) is 11.6. The summed E-state index contributed by atoms with van der Waals surface area (Å²) in [5.41, 5.74) is 0.538. The van der Waals surface area contributed by atoms with Gasteiger partial charge in [0, 0.05) is 18.7 Å². The van der Waals surface area contributed by atoms with Crippen molar-refractivity contribution in [1.82, 2.24) is 5.32 Å². The van der Waals surface area contributed by atoms with Gasteiger partial charge in [-0.15, -0.1) is 0 Å². The normalized spacial score (nSPS) is 10.2. The van der Waals surface area contributed by atoms with E-state index in [0.29, 0.717) is 18.7 Å². The van der Waals surface area contributed by atoms with Gasteiger partial charge in [0.15, 0.2) is 0 Å². The molecule has 0 saturated carbocycles. The highest BCUT2D eigenvalue weighted by Gasteiger charge is 2.03. The first-order valence-corrected chi connectivity index (χ1v) is 5.89. The third-order valence-corrected chi connectivity index (χ3v) is 2.30. The second kappa shape index (κ2) is 7.68.